The number of ether oxygens (including phenoxy) is 1. The minimum atomic E-state index is 0.500. The molecule has 2 bridgehead atoms. The number of hydrogen-bond acceptors (Lipinski definition) is 3. The number of rotatable bonds is 3. The van der Waals surface area contributed by atoms with E-state index in [1.165, 1.54) is 38.6 Å². The van der Waals surface area contributed by atoms with Gasteiger partial charge in [0, 0.05) is 38.1 Å². The Kier molecular flexibility index (Phi) is 3.48. The van der Waals surface area contributed by atoms with Crippen molar-refractivity contribution in [2.75, 3.05) is 19.8 Å². The summed E-state index contributed by atoms with van der Waals surface area (Å²) in [5.41, 5.74) is 0. The standard InChI is InChI=1S/C14H23NO2/c16-14-8-12-2-1-3-13(9-14)15(12)6-4-11-5-7-17-10-11/h11-13H,1-10H2. The second kappa shape index (κ2) is 5.07. The first kappa shape index (κ1) is 11.7. The van der Waals surface area contributed by atoms with E-state index in [2.05, 4.69) is 4.90 Å². The zero-order valence-corrected chi connectivity index (χ0v) is 10.6. The van der Waals surface area contributed by atoms with Crippen molar-refractivity contribution in [1.82, 2.24) is 4.90 Å². The average Bonchev–Trinajstić information content (AvgIpc) is 2.79. The van der Waals surface area contributed by atoms with Gasteiger partial charge in [-0.2, -0.15) is 0 Å². The van der Waals surface area contributed by atoms with E-state index in [9.17, 15) is 4.79 Å². The number of fused-ring (bicyclic) bond motifs is 2. The summed E-state index contributed by atoms with van der Waals surface area (Å²) in [4.78, 5) is 14.3. The molecule has 0 aliphatic carbocycles. The summed E-state index contributed by atoms with van der Waals surface area (Å²) >= 11 is 0. The highest BCUT2D eigenvalue weighted by Crippen LogP contribution is 2.33. The molecule has 3 unspecified atom stereocenters. The molecule has 0 saturated carbocycles. The van der Waals surface area contributed by atoms with Gasteiger partial charge in [0.15, 0.2) is 0 Å². The third-order valence-electron chi connectivity index (χ3n) is 4.76. The summed E-state index contributed by atoms with van der Waals surface area (Å²) < 4.78 is 5.44. The summed E-state index contributed by atoms with van der Waals surface area (Å²) in [6.45, 7) is 3.11. The van der Waals surface area contributed by atoms with Crippen LogP contribution in [0.2, 0.25) is 0 Å². The van der Waals surface area contributed by atoms with Crippen LogP contribution in [0, 0.1) is 5.92 Å². The highest BCUT2D eigenvalue weighted by Gasteiger charge is 2.37. The number of hydrogen-bond donors (Lipinski definition) is 0. The first-order valence-corrected chi connectivity index (χ1v) is 7.18. The fourth-order valence-corrected chi connectivity index (χ4v) is 3.77. The van der Waals surface area contributed by atoms with Crippen molar-refractivity contribution < 1.29 is 9.53 Å². The lowest BCUT2D eigenvalue weighted by molar-refractivity contribution is -0.127. The highest BCUT2D eigenvalue weighted by molar-refractivity contribution is 5.80. The molecule has 3 aliphatic rings. The molecule has 96 valence electrons. The molecule has 3 nitrogen and oxygen atoms in total. The second-order valence-corrected chi connectivity index (χ2v) is 5.94. The molecule has 0 aromatic heterocycles. The van der Waals surface area contributed by atoms with E-state index in [0.29, 0.717) is 17.9 Å². The van der Waals surface area contributed by atoms with Gasteiger partial charge in [0.1, 0.15) is 5.78 Å². The Labute approximate surface area is 104 Å². The van der Waals surface area contributed by atoms with Crippen molar-refractivity contribution in [1.29, 1.82) is 0 Å². The molecule has 0 N–H and O–H groups in total. The Morgan fingerprint density at radius 1 is 1.18 bits per heavy atom. The van der Waals surface area contributed by atoms with Gasteiger partial charge in [-0.25, -0.2) is 0 Å². The molecule has 0 radical (unpaired) electrons. The second-order valence-electron chi connectivity index (χ2n) is 5.94. The van der Waals surface area contributed by atoms with Gasteiger partial charge in [-0.05, 0) is 38.1 Å². The molecule has 3 heterocycles. The molecule has 3 saturated heterocycles. The van der Waals surface area contributed by atoms with E-state index in [1.54, 1.807) is 0 Å². The van der Waals surface area contributed by atoms with Gasteiger partial charge < -0.3 is 4.74 Å². The lowest BCUT2D eigenvalue weighted by Gasteiger charge is -2.45. The van der Waals surface area contributed by atoms with Gasteiger partial charge >= 0.3 is 0 Å². The molecule has 3 aliphatic heterocycles. The van der Waals surface area contributed by atoms with Crippen molar-refractivity contribution in [2.24, 2.45) is 5.92 Å². The Morgan fingerprint density at radius 2 is 1.94 bits per heavy atom. The lowest BCUT2D eigenvalue weighted by Crippen LogP contribution is -2.52. The Bertz CT molecular complexity index is 270. The van der Waals surface area contributed by atoms with Crippen LogP contribution in [0.3, 0.4) is 0 Å². The molecule has 0 aromatic rings. The molecular formula is C14H23NO2. The Morgan fingerprint density at radius 3 is 2.59 bits per heavy atom. The van der Waals surface area contributed by atoms with Crippen molar-refractivity contribution in [3.8, 4) is 0 Å². The third kappa shape index (κ3) is 2.55. The van der Waals surface area contributed by atoms with Crippen LogP contribution < -0.4 is 0 Å². The number of carbonyl (C=O) groups excluding carboxylic acids is 1. The zero-order chi connectivity index (χ0) is 11.7. The number of piperidine rings is 2. The number of Topliss-reactive ketones (excluding diaryl/α,β-unsaturated/α-hetero) is 1. The van der Waals surface area contributed by atoms with E-state index >= 15 is 0 Å². The van der Waals surface area contributed by atoms with Crippen LogP contribution in [-0.2, 0) is 9.53 Å². The van der Waals surface area contributed by atoms with E-state index < -0.39 is 0 Å². The largest absolute Gasteiger partial charge is 0.381 e. The first-order valence-electron chi connectivity index (χ1n) is 7.18. The number of carbonyl (C=O) groups is 1. The molecule has 0 amide bonds. The molecule has 3 rings (SSSR count). The molecular weight excluding hydrogens is 214 g/mol. The van der Waals surface area contributed by atoms with Crippen LogP contribution in [0.5, 0.6) is 0 Å². The topological polar surface area (TPSA) is 29.5 Å². The maximum absolute atomic E-state index is 11.6. The van der Waals surface area contributed by atoms with Gasteiger partial charge in [-0.3, -0.25) is 9.69 Å². The predicted molar refractivity (Wildman–Crippen MR) is 65.9 cm³/mol. The van der Waals surface area contributed by atoms with Gasteiger partial charge in [0.2, 0.25) is 0 Å². The number of ketones is 1. The van der Waals surface area contributed by atoms with E-state index in [0.717, 1.165) is 32.0 Å². The van der Waals surface area contributed by atoms with Crippen LogP contribution >= 0.6 is 0 Å². The molecule has 0 spiro atoms. The predicted octanol–water partition coefficient (Wildman–Crippen LogP) is 2.00. The van der Waals surface area contributed by atoms with Crippen molar-refractivity contribution >= 4 is 5.78 Å². The summed E-state index contributed by atoms with van der Waals surface area (Å²) in [6.07, 6.45) is 7.94. The summed E-state index contributed by atoms with van der Waals surface area (Å²) in [5.74, 6) is 1.27. The van der Waals surface area contributed by atoms with E-state index in [4.69, 9.17) is 4.74 Å². The minimum absolute atomic E-state index is 0.500. The lowest BCUT2D eigenvalue weighted by atomic mass is 9.83. The smallest absolute Gasteiger partial charge is 0.136 e. The summed E-state index contributed by atoms with van der Waals surface area (Å²) in [6, 6.07) is 1.13. The van der Waals surface area contributed by atoms with Crippen LogP contribution in [0.1, 0.15) is 44.9 Å². The molecule has 3 atom stereocenters. The third-order valence-corrected chi connectivity index (χ3v) is 4.76. The minimum Gasteiger partial charge on any atom is -0.381 e. The van der Waals surface area contributed by atoms with Gasteiger partial charge in [-0.15, -0.1) is 0 Å². The highest BCUT2D eigenvalue weighted by atomic mass is 16.5. The Balaban J connectivity index is 1.56. The van der Waals surface area contributed by atoms with Crippen LogP contribution in [-0.4, -0.2) is 42.5 Å². The van der Waals surface area contributed by atoms with E-state index in [1.807, 2.05) is 0 Å². The molecule has 0 aromatic carbocycles. The SMILES string of the molecule is O=C1CC2CCCC(C1)N2CCC1CCOC1. The van der Waals surface area contributed by atoms with Crippen molar-refractivity contribution in [3.05, 3.63) is 0 Å². The molecule has 17 heavy (non-hydrogen) atoms. The van der Waals surface area contributed by atoms with Crippen LogP contribution in [0.25, 0.3) is 0 Å². The maximum atomic E-state index is 11.6. The first-order chi connectivity index (χ1) is 8.33. The van der Waals surface area contributed by atoms with Gasteiger partial charge in [0.05, 0.1) is 0 Å². The summed E-state index contributed by atoms with van der Waals surface area (Å²) in [7, 11) is 0. The van der Waals surface area contributed by atoms with Gasteiger partial charge in [0.25, 0.3) is 0 Å². The zero-order valence-electron chi connectivity index (χ0n) is 10.6. The number of nitrogens with zero attached hydrogens (tertiary/aromatic N) is 1. The van der Waals surface area contributed by atoms with Gasteiger partial charge in [-0.1, -0.05) is 6.42 Å². The molecule has 3 heteroatoms. The quantitative estimate of drug-likeness (QED) is 0.752. The maximum Gasteiger partial charge on any atom is 0.136 e. The normalized spacial score (nSPS) is 38.6. The van der Waals surface area contributed by atoms with Crippen molar-refractivity contribution in [3.63, 3.8) is 0 Å². The van der Waals surface area contributed by atoms with Crippen molar-refractivity contribution in [2.45, 2.75) is 57.0 Å². The average molecular weight is 237 g/mol. The summed E-state index contributed by atoms with van der Waals surface area (Å²) in [5, 5.41) is 0. The Hall–Kier alpha value is -0.410. The fourth-order valence-electron chi connectivity index (χ4n) is 3.77. The monoisotopic (exact) mass is 237 g/mol. The fraction of sp³-hybridized carbons (Fsp3) is 0.929. The van der Waals surface area contributed by atoms with Crippen LogP contribution in [0.4, 0.5) is 0 Å². The van der Waals surface area contributed by atoms with Crippen LogP contribution in [0.15, 0.2) is 0 Å². The molecule has 3 fully saturated rings. The van der Waals surface area contributed by atoms with E-state index in [-0.39, 0.29) is 0 Å².